The van der Waals surface area contributed by atoms with E-state index >= 15 is 0 Å². The molecule has 1 heterocycles. The van der Waals surface area contributed by atoms with Crippen molar-refractivity contribution in [1.82, 2.24) is 15.4 Å². The number of nitrogens with zero attached hydrogens (tertiary/aromatic N) is 1. The zero-order valence-corrected chi connectivity index (χ0v) is 18.7. The normalized spacial score (nSPS) is 13.0. The van der Waals surface area contributed by atoms with Crippen molar-refractivity contribution in [1.29, 1.82) is 0 Å². The molecule has 11 heteroatoms. The first-order valence-corrected chi connectivity index (χ1v) is 10.1. The van der Waals surface area contributed by atoms with Crippen LogP contribution in [0.4, 0.5) is 8.78 Å². The highest BCUT2D eigenvalue weighted by Gasteiger charge is 2.14. The van der Waals surface area contributed by atoms with Crippen LogP contribution in [0, 0.1) is 11.6 Å². The Kier molecular flexibility index (Phi) is 9.56. The number of thiophene rings is 1. The summed E-state index contributed by atoms with van der Waals surface area (Å²) in [5, 5.41) is 7.68. The summed E-state index contributed by atoms with van der Waals surface area (Å²) in [5.41, 5.74) is 0.560. The van der Waals surface area contributed by atoms with Crippen LogP contribution in [0.1, 0.15) is 18.5 Å². The molecule has 2 rings (SSSR count). The summed E-state index contributed by atoms with van der Waals surface area (Å²) in [7, 11) is -1.95. The number of hydrogen-bond acceptors (Lipinski definition) is 4. The summed E-state index contributed by atoms with van der Waals surface area (Å²) >= 11 is 1.14. The van der Waals surface area contributed by atoms with Crippen molar-refractivity contribution in [3.05, 3.63) is 52.9 Å². The maximum atomic E-state index is 13.3. The smallest absolute Gasteiger partial charge is 0.250 e. The predicted molar refractivity (Wildman–Crippen MR) is 114 cm³/mol. The molecule has 0 saturated carbocycles. The van der Waals surface area contributed by atoms with E-state index in [0.29, 0.717) is 18.1 Å². The maximum absolute atomic E-state index is 13.3. The lowest BCUT2D eigenvalue weighted by Gasteiger charge is -2.18. The fraction of sp³-hybridized carbons (Fsp3) is 0.312. The van der Waals surface area contributed by atoms with Crippen molar-refractivity contribution in [2.75, 3.05) is 20.1 Å². The molecule has 1 unspecified atom stereocenters. The molecule has 0 aliphatic rings. The maximum Gasteiger partial charge on any atom is 0.250 e. The zero-order valence-electron chi connectivity index (χ0n) is 14.7. The minimum absolute atomic E-state index is 0. The second kappa shape index (κ2) is 10.9. The molecule has 1 aromatic heterocycles. The van der Waals surface area contributed by atoms with Gasteiger partial charge in [-0.15, -0.1) is 35.3 Å². The van der Waals surface area contributed by atoms with E-state index in [-0.39, 0.29) is 40.8 Å². The van der Waals surface area contributed by atoms with Crippen molar-refractivity contribution in [3.63, 3.8) is 0 Å². The zero-order chi connectivity index (χ0) is 19.2. The van der Waals surface area contributed by atoms with E-state index in [9.17, 15) is 17.2 Å². The van der Waals surface area contributed by atoms with Crippen LogP contribution < -0.4 is 15.4 Å². The van der Waals surface area contributed by atoms with E-state index < -0.39 is 21.7 Å². The van der Waals surface area contributed by atoms with Crippen LogP contribution >= 0.6 is 35.3 Å². The molecule has 0 fully saturated rings. The topological polar surface area (TPSA) is 82.6 Å². The first kappa shape index (κ1) is 23.7. The van der Waals surface area contributed by atoms with Crippen molar-refractivity contribution in [2.24, 2.45) is 4.99 Å². The van der Waals surface area contributed by atoms with Gasteiger partial charge in [0.05, 0.1) is 6.04 Å². The molecule has 0 aliphatic carbocycles. The summed E-state index contributed by atoms with van der Waals surface area (Å²) in [5.74, 6) is -1.40. The van der Waals surface area contributed by atoms with Gasteiger partial charge in [0.15, 0.2) is 17.6 Å². The number of benzene rings is 1. The van der Waals surface area contributed by atoms with Crippen LogP contribution in [-0.4, -0.2) is 34.5 Å². The monoisotopic (exact) mass is 530 g/mol. The average molecular weight is 530 g/mol. The molecule has 0 bridgehead atoms. The molecule has 3 N–H and O–H groups in total. The molecule has 2 aromatic rings. The number of nitrogens with one attached hydrogen (secondary N) is 3. The fourth-order valence-corrected chi connectivity index (χ4v) is 4.19. The number of aliphatic imine (C=N–C) groups is 1. The molecular formula is C16H21F2IN4O2S2. The van der Waals surface area contributed by atoms with Crippen LogP contribution in [0.25, 0.3) is 0 Å². The van der Waals surface area contributed by atoms with E-state index in [2.05, 4.69) is 20.3 Å². The van der Waals surface area contributed by atoms with Crippen LogP contribution in [-0.2, 0) is 10.0 Å². The number of rotatable bonds is 7. The summed E-state index contributed by atoms with van der Waals surface area (Å²) < 4.78 is 53.1. The van der Waals surface area contributed by atoms with Crippen LogP contribution in [0.15, 0.2) is 44.9 Å². The standard InChI is InChI=1S/C16H20F2N4O2S2.HI/c1-11(12-5-6-13(17)14(18)10-12)22-16(19-2)20-7-8-21-26(23,24)15-4-3-9-25-15;/h3-6,9-11,21H,7-8H2,1-2H3,(H2,19,20,22);1H. The summed E-state index contributed by atoms with van der Waals surface area (Å²) in [6.45, 7) is 2.24. The lowest BCUT2D eigenvalue weighted by Crippen LogP contribution is -2.42. The van der Waals surface area contributed by atoms with Gasteiger partial charge in [0, 0.05) is 20.1 Å². The molecule has 1 atom stereocenters. The van der Waals surface area contributed by atoms with E-state index in [1.807, 2.05) is 0 Å². The highest BCUT2D eigenvalue weighted by molar-refractivity contribution is 14.0. The largest absolute Gasteiger partial charge is 0.355 e. The Morgan fingerprint density at radius 1 is 1.22 bits per heavy atom. The van der Waals surface area contributed by atoms with E-state index in [1.54, 1.807) is 25.4 Å². The van der Waals surface area contributed by atoms with Crippen LogP contribution in [0.2, 0.25) is 0 Å². The number of halogens is 3. The molecule has 0 amide bonds. The molecule has 0 radical (unpaired) electrons. The van der Waals surface area contributed by atoms with Gasteiger partial charge in [-0.1, -0.05) is 12.1 Å². The Hall–Kier alpha value is -1.31. The van der Waals surface area contributed by atoms with E-state index in [4.69, 9.17) is 0 Å². The molecular weight excluding hydrogens is 509 g/mol. The molecule has 1 aromatic carbocycles. The van der Waals surface area contributed by atoms with Gasteiger partial charge in [-0.05, 0) is 36.1 Å². The number of sulfonamides is 1. The number of guanidine groups is 1. The van der Waals surface area contributed by atoms with Gasteiger partial charge >= 0.3 is 0 Å². The van der Waals surface area contributed by atoms with Gasteiger partial charge in [0.25, 0.3) is 0 Å². The van der Waals surface area contributed by atoms with Crippen molar-refractivity contribution < 1.29 is 17.2 Å². The Bertz CT molecular complexity index is 861. The second-order valence-electron chi connectivity index (χ2n) is 5.37. The van der Waals surface area contributed by atoms with Gasteiger partial charge in [0.1, 0.15) is 4.21 Å². The van der Waals surface area contributed by atoms with Gasteiger partial charge in [-0.2, -0.15) is 0 Å². The lowest BCUT2D eigenvalue weighted by molar-refractivity contribution is 0.504. The highest BCUT2D eigenvalue weighted by Crippen LogP contribution is 2.16. The Morgan fingerprint density at radius 3 is 2.56 bits per heavy atom. The molecule has 0 saturated heterocycles. The van der Waals surface area contributed by atoms with Gasteiger partial charge in [-0.25, -0.2) is 21.9 Å². The summed E-state index contributed by atoms with van der Waals surface area (Å²) in [4.78, 5) is 4.03. The average Bonchev–Trinajstić information content (AvgIpc) is 3.15. The van der Waals surface area contributed by atoms with Crippen molar-refractivity contribution in [3.8, 4) is 0 Å². The predicted octanol–water partition coefficient (Wildman–Crippen LogP) is 2.85. The summed E-state index contributed by atoms with van der Waals surface area (Å²) in [6, 6.07) is 6.55. The van der Waals surface area contributed by atoms with Gasteiger partial charge in [-0.3, -0.25) is 4.99 Å². The van der Waals surface area contributed by atoms with Crippen molar-refractivity contribution >= 4 is 51.3 Å². The fourth-order valence-electron chi connectivity index (χ4n) is 2.12. The third kappa shape index (κ3) is 6.97. The number of hydrogen-bond donors (Lipinski definition) is 3. The SMILES string of the molecule is CN=C(NCCNS(=O)(=O)c1cccs1)NC(C)c1ccc(F)c(F)c1.I. The highest BCUT2D eigenvalue weighted by atomic mass is 127. The lowest BCUT2D eigenvalue weighted by atomic mass is 10.1. The molecule has 0 aliphatic heterocycles. The summed E-state index contributed by atoms with van der Waals surface area (Å²) in [6.07, 6.45) is 0. The Morgan fingerprint density at radius 2 is 1.96 bits per heavy atom. The van der Waals surface area contributed by atoms with E-state index in [0.717, 1.165) is 23.5 Å². The third-order valence-corrected chi connectivity index (χ3v) is 6.35. The molecule has 0 spiro atoms. The van der Waals surface area contributed by atoms with Gasteiger partial charge < -0.3 is 10.6 Å². The minimum Gasteiger partial charge on any atom is -0.355 e. The van der Waals surface area contributed by atoms with Crippen LogP contribution in [0.5, 0.6) is 0 Å². The second-order valence-corrected chi connectivity index (χ2v) is 8.31. The molecule has 6 nitrogen and oxygen atoms in total. The Balaban J connectivity index is 0.00000364. The molecule has 150 valence electrons. The Labute approximate surface area is 178 Å². The van der Waals surface area contributed by atoms with Crippen molar-refractivity contribution in [2.45, 2.75) is 17.2 Å². The third-order valence-electron chi connectivity index (χ3n) is 3.49. The minimum atomic E-state index is -3.51. The first-order chi connectivity index (χ1) is 12.3. The quantitative estimate of drug-likeness (QED) is 0.223. The van der Waals surface area contributed by atoms with E-state index in [1.165, 1.54) is 12.1 Å². The molecule has 27 heavy (non-hydrogen) atoms. The van der Waals surface area contributed by atoms with Crippen LogP contribution in [0.3, 0.4) is 0 Å². The van der Waals surface area contributed by atoms with Gasteiger partial charge in [0.2, 0.25) is 10.0 Å². The first-order valence-electron chi connectivity index (χ1n) is 7.79.